The van der Waals surface area contributed by atoms with Gasteiger partial charge in [-0.3, -0.25) is 19.7 Å². The highest BCUT2D eigenvalue weighted by molar-refractivity contribution is 7.59. The number of aromatic nitrogens is 4. The highest BCUT2D eigenvalue weighted by atomic mass is 32.1. The number of pyridine rings is 2. The van der Waals surface area contributed by atoms with Crippen LogP contribution in [-0.2, 0) is 30.5 Å². The number of aryl methyl sites for hydroxylation is 13. The van der Waals surface area contributed by atoms with E-state index in [4.69, 9.17) is 13.6 Å². The molecule has 11 heteroatoms. The number of ether oxygens (including phenoxy) is 1. The minimum Gasteiger partial charge on any atom is -0.490 e. The van der Waals surface area contributed by atoms with Crippen molar-refractivity contribution >= 4 is 79.8 Å². The summed E-state index contributed by atoms with van der Waals surface area (Å²) in [4.78, 5) is 38.5. The predicted molar refractivity (Wildman–Crippen MR) is 454 cm³/mol. The molecule has 1 aliphatic heterocycles. The van der Waals surface area contributed by atoms with Crippen LogP contribution >= 0.6 is 13.5 Å². The Bertz CT molecular complexity index is 4450. The number of rotatable bonds is 0. The number of carbonyl (C=O) groups excluding carboxylic acids is 2. The Morgan fingerprint density at radius 2 is 0.840 bits per heavy atom. The third-order valence-electron chi connectivity index (χ3n) is 16.4. The molecular weight excluding hydrogens is 1330 g/mol. The van der Waals surface area contributed by atoms with E-state index in [0.29, 0.717) is 11.9 Å². The second-order valence-corrected chi connectivity index (χ2v) is 28.4. The summed E-state index contributed by atoms with van der Waals surface area (Å²) in [6, 6.07) is 62.9. The molecule has 8 aromatic carbocycles. The van der Waals surface area contributed by atoms with E-state index < -0.39 is 6.17 Å². The average molecular weight is 1450 g/mol. The Morgan fingerprint density at radius 1 is 0.434 bits per heavy atom. The van der Waals surface area contributed by atoms with Crippen molar-refractivity contribution in [1.82, 2.24) is 19.9 Å². The molecule has 0 amide bonds. The fraction of sp³-hybridized carbons (Fsp3) is 0.347. The molecular formula is C95H119FN4O5S. The van der Waals surface area contributed by atoms with Crippen LogP contribution in [0.2, 0.25) is 0 Å². The van der Waals surface area contributed by atoms with Crippen molar-refractivity contribution in [1.29, 1.82) is 0 Å². The van der Waals surface area contributed by atoms with Gasteiger partial charge in [0.1, 0.15) is 40.3 Å². The third kappa shape index (κ3) is 30.1. The van der Waals surface area contributed by atoms with Crippen molar-refractivity contribution in [3.63, 3.8) is 0 Å². The number of alkyl halides is 1. The standard InChI is InChI=1S/2C11H11N.C11H12O.C11H14.C10H10N2.C10H12O.2C10H10O.C3H7F.C3H6O.C3H8.C2H6.H2S/c2*1-8-3-6-11-10(7-8)5-4-9(2)12-11;1-7-3-4-9-6-8(2)11(12)10(9)5-7;1-8-3-4-10-6-9(2)7-11(10)5-8;1-7-3-4-9-10(5-7)11-6-8(2)12-9;2*1-7-3-4-10-9(5-7)6-8(2)11-10;1-7-3-4-9-6-8(2)11-10(9)5-7;2*1-3(2)4;1-3-2;1-2;/h2*3-7H,1-2H3;3-5,8H,6H2,1-2H3;3-5,9H,6-7H2,1-2H3;3-6H,1-2H3;3-5,8H,6H2,1-2H3;2*3-6H,1-2H3;3H,1-2H3;1-2H3;3H2,1-2H3;1-2H3;1H2. The summed E-state index contributed by atoms with van der Waals surface area (Å²) in [7, 11) is 0. The van der Waals surface area contributed by atoms with E-state index in [0.717, 1.165) is 91.9 Å². The molecule has 0 fully saturated rings. The van der Waals surface area contributed by atoms with E-state index >= 15 is 0 Å². The van der Waals surface area contributed by atoms with Crippen LogP contribution in [0.25, 0.3) is 54.8 Å². The van der Waals surface area contributed by atoms with Gasteiger partial charge in [-0.2, -0.15) is 13.5 Å². The summed E-state index contributed by atoms with van der Waals surface area (Å²) in [6.45, 7) is 47.4. The SMILES string of the molecule is CC.CC(C)=O.CC(C)F.CCC.Cc1ccc2c(c1)C(=O)C(C)C2.Cc1ccc2c(c1)CC(C)C2.Cc1ccc2c(c1)CC(C)O2.Cc1ccc2cc(C)oc2c1.Cc1ccc2nc(C)ccc2c1.Cc1ccc2nc(C)ccc2c1.Cc1ccc2nc(C)cnc2c1.Cc1ccc2oc(C)cc2c1.S. The largest absolute Gasteiger partial charge is 0.490 e. The highest BCUT2D eigenvalue weighted by Crippen LogP contribution is 2.31. The van der Waals surface area contributed by atoms with E-state index in [9.17, 15) is 14.0 Å². The molecule has 9 nitrogen and oxygen atoms in total. The monoisotopic (exact) mass is 1450 g/mol. The van der Waals surface area contributed by atoms with Gasteiger partial charge < -0.3 is 18.4 Å². The summed E-state index contributed by atoms with van der Waals surface area (Å²) in [5, 5.41) is 4.83. The molecule has 16 rings (SSSR count). The van der Waals surface area contributed by atoms with Gasteiger partial charge in [-0.05, 0) is 274 Å². The number of Topliss-reactive ketones (excluding diaryl/α,β-unsaturated/α-hetero) is 2. The van der Waals surface area contributed by atoms with Gasteiger partial charge in [0, 0.05) is 57.0 Å². The fourth-order valence-electron chi connectivity index (χ4n) is 11.8. The molecule has 2 aliphatic carbocycles. The minimum atomic E-state index is -0.667. The van der Waals surface area contributed by atoms with E-state index in [1.807, 2.05) is 98.7 Å². The van der Waals surface area contributed by atoms with Crippen LogP contribution < -0.4 is 4.74 Å². The quantitative estimate of drug-likeness (QED) is 0.146. The van der Waals surface area contributed by atoms with Gasteiger partial charge >= 0.3 is 0 Å². The maximum absolute atomic E-state index is 11.5. The molecule has 0 radical (unpaired) electrons. The van der Waals surface area contributed by atoms with Crippen LogP contribution in [0.15, 0.2) is 197 Å². The Kier molecular flexibility index (Phi) is 37.2. The van der Waals surface area contributed by atoms with Gasteiger partial charge in [0.2, 0.25) is 0 Å². The lowest BCUT2D eigenvalue weighted by atomic mass is 10.1. The average Bonchev–Trinajstić information content (AvgIpc) is 1.64. The third-order valence-corrected chi connectivity index (χ3v) is 16.4. The number of fused-ring (bicyclic) bond motifs is 8. The lowest BCUT2D eigenvalue weighted by molar-refractivity contribution is -0.115. The first kappa shape index (κ1) is 88.8. The van der Waals surface area contributed by atoms with Crippen LogP contribution in [-0.4, -0.2) is 43.8 Å². The zero-order chi connectivity index (χ0) is 77.6. The topological polar surface area (TPSA) is 121 Å². The lowest BCUT2D eigenvalue weighted by Gasteiger charge is -2.01. The number of benzene rings is 8. The Hall–Kier alpha value is -9.58. The number of hydrogen-bond acceptors (Lipinski definition) is 9. The van der Waals surface area contributed by atoms with Gasteiger partial charge in [0.05, 0.1) is 33.9 Å². The Balaban J connectivity index is 0.000000250. The predicted octanol–water partition coefficient (Wildman–Crippen LogP) is 26.0. The van der Waals surface area contributed by atoms with Crippen LogP contribution in [0.1, 0.15) is 188 Å². The first-order valence-corrected chi connectivity index (χ1v) is 37.3. The molecule has 0 saturated heterocycles. The van der Waals surface area contributed by atoms with E-state index in [-0.39, 0.29) is 25.2 Å². The summed E-state index contributed by atoms with van der Waals surface area (Å²) < 4.78 is 27.4. The lowest BCUT2D eigenvalue weighted by Crippen LogP contribution is -2.05. The number of hydrogen-bond donors (Lipinski definition) is 0. The number of ketones is 2. The smallest absolute Gasteiger partial charge is 0.166 e. The van der Waals surface area contributed by atoms with Gasteiger partial charge in [-0.25, -0.2) is 9.37 Å². The van der Waals surface area contributed by atoms with Gasteiger partial charge in [0.25, 0.3) is 0 Å². The zero-order valence-corrected chi connectivity index (χ0v) is 69.0. The van der Waals surface area contributed by atoms with Crippen molar-refractivity contribution in [2.45, 2.75) is 211 Å². The second-order valence-electron chi connectivity index (χ2n) is 28.4. The summed E-state index contributed by atoms with van der Waals surface area (Å²) in [5.41, 5.74) is 26.1. The van der Waals surface area contributed by atoms with Crippen LogP contribution in [0.5, 0.6) is 5.75 Å². The van der Waals surface area contributed by atoms with Crippen LogP contribution in [0.4, 0.5) is 4.39 Å². The molecule has 6 heterocycles. The van der Waals surface area contributed by atoms with Crippen molar-refractivity contribution in [2.24, 2.45) is 11.8 Å². The first-order chi connectivity index (χ1) is 49.8. The maximum atomic E-state index is 11.5. The van der Waals surface area contributed by atoms with Crippen molar-refractivity contribution in [2.75, 3.05) is 0 Å². The molecule has 0 spiro atoms. The number of nitrogens with zero attached hydrogens (tertiary/aromatic N) is 4. The first-order valence-electron chi connectivity index (χ1n) is 37.3. The molecule has 106 heavy (non-hydrogen) atoms. The normalized spacial score (nSPS) is 13.5. The minimum absolute atomic E-state index is 0. The van der Waals surface area contributed by atoms with Crippen molar-refractivity contribution < 1.29 is 27.6 Å². The summed E-state index contributed by atoms with van der Waals surface area (Å²) in [6.07, 6.45) is 7.31. The Labute approximate surface area is 640 Å². The summed E-state index contributed by atoms with van der Waals surface area (Å²) in [5.74, 6) is 4.57. The molecule has 5 aromatic heterocycles. The van der Waals surface area contributed by atoms with Crippen LogP contribution in [0.3, 0.4) is 0 Å². The second kappa shape index (κ2) is 44.4. The number of furan rings is 2. The Morgan fingerprint density at radius 3 is 1.41 bits per heavy atom. The zero-order valence-electron chi connectivity index (χ0n) is 68.0. The van der Waals surface area contributed by atoms with Gasteiger partial charge in [-0.15, -0.1) is 0 Å². The molecule has 0 N–H and O–H groups in total. The number of halogens is 1. The van der Waals surface area contributed by atoms with Crippen molar-refractivity contribution in [3.05, 3.63) is 289 Å². The summed E-state index contributed by atoms with van der Waals surface area (Å²) >= 11 is 0. The van der Waals surface area contributed by atoms with E-state index in [2.05, 4.69) is 242 Å². The highest BCUT2D eigenvalue weighted by Gasteiger charge is 2.26. The van der Waals surface area contributed by atoms with Gasteiger partial charge in [-0.1, -0.05) is 172 Å². The molecule has 3 unspecified atom stereocenters. The molecule has 3 atom stereocenters. The van der Waals surface area contributed by atoms with E-state index in [1.165, 1.54) is 124 Å². The van der Waals surface area contributed by atoms with Crippen molar-refractivity contribution in [3.8, 4) is 5.75 Å². The molecule has 0 bridgehead atoms. The fourth-order valence-corrected chi connectivity index (χ4v) is 11.8. The molecule has 562 valence electrons. The maximum Gasteiger partial charge on any atom is 0.166 e. The van der Waals surface area contributed by atoms with Gasteiger partial charge in [0.15, 0.2) is 5.78 Å². The molecule has 3 aliphatic rings. The number of carbonyl (C=O) groups is 2. The van der Waals surface area contributed by atoms with E-state index in [1.54, 1.807) is 17.3 Å². The molecule has 0 saturated carbocycles. The van der Waals surface area contributed by atoms with Crippen LogP contribution in [0, 0.1) is 102 Å². The molecule has 13 aromatic rings.